The van der Waals surface area contributed by atoms with Gasteiger partial charge in [0.1, 0.15) is 12.6 Å². The molecule has 3 atom stereocenters. The van der Waals surface area contributed by atoms with Gasteiger partial charge in [0, 0.05) is 13.3 Å². The molecule has 11 nitrogen and oxygen atoms in total. The van der Waals surface area contributed by atoms with E-state index in [1.165, 1.54) is 193 Å². The second-order valence-electron chi connectivity index (χ2n) is 16.3. The summed E-state index contributed by atoms with van der Waals surface area (Å²) in [6, 6.07) is -1.51. The number of esters is 2. The Morgan fingerprint density at radius 3 is 1.11 bits per heavy atom. The first kappa shape index (κ1) is 55.5. The lowest BCUT2D eigenvalue weighted by atomic mass is 10.0. The topological polar surface area (TPSA) is 172 Å². The third kappa shape index (κ3) is 42.4. The quantitative estimate of drug-likeness (QED) is 0.0303. The number of nitrogens with two attached hydrogens (primary N) is 1. The number of hydrogen-bond acceptors (Lipinski definition) is 9. The van der Waals surface area contributed by atoms with Gasteiger partial charge < -0.3 is 25.2 Å². The number of ether oxygens (including phenoxy) is 2. The van der Waals surface area contributed by atoms with Crippen molar-refractivity contribution in [3.8, 4) is 0 Å². The molecule has 0 radical (unpaired) electrons. The van der Waals surface area contributed by atoms with Gasteiger partial charge in [-0.05, 0) is 6.42 Å². The first-order valence-electron chi connectivity index (χ1n) is 23.5. The van der Waals surface area contributed by atoms with Gasteiger partial charge in [0.15, 0.2) is 6.10 Å². The fourth-order valence-corrected chi connectivity index (χ4v) is 7.85. The van der Waals surface area contributed by atoms with E-state index in [-0.39, 0.29) is 13.0 Å². The fraction of sp³-hybridized carbons (Fsp3) is 0.933. The van der Waals surface area contributed by atoms with Crippen molar-refractivity contribution in [2.75, 3.05) is 19.8 Å². The summed E-state index contributed by atoms with van der Waals surface area (Å²) in [6.07, 6.45) is 45.2. The summed E-state index contributed by atoms with van der Waals surface area (Å²) in [5.41, 5.74) is 5.24. The zero-order chi connectivity index (χ0) is 42.1. The Kier molecular flexibility index (Phi) is 40.1. The highest BCUT2D eigenvalue weighted by Gasteiger charge is 2.27. The molecule has 0 fully saturated rings. The number of phosphoric ester groups is 1. The average Bonchev–Trinajstić information content (AvgIpc) is 3.18. The van der Waals surface area contributed by atoms with Gasteiger partial charge in [-0.1, -0.05) is 219 Å². The molecule has 4 N–H and O–H groups in total. The molecule has 0 aliphatic rings. The summed E-state index contributed by atoms with van der Waals surface area (Å²) in [7, 11) is -4.66. The lowest BCUT2D eigenvalue weighted by Gasteiger charge is -2.19. The minimum atomic E-state index is -4.66. The molecule has 0 aromatic carbocycles. The van der Waals surface area contributed by atoms with Crippen LogP contribution in [0.5, 0.6) is 0 Å². The minimum Gasteiger partial charge on any atom is -0.480 e. The smallest absolute Gasteiger partial charge is 0.472 e. The van der Waals surface area contributed by atoms with E-state index >= 15 is 0 Å². The Bertz CT molecular complexity index is 984. The largest absolute Gasteiger partial charge is 0.480 e. The van der Waals surface area contributed by atoms with E-state index in [1.807, 2.05) is 0 Å². The van der Waals surface area contributed by atoms with Crippen molar-refractivity contribution in [1.29, 1.82) is 0 Å². The van der Waals surface area contributed by atoms with Crippen LogP contribution in [0.3, 0.4) is 0 Å². The maximum absolute atomic E-state index is 12.1. The SMILES string of the molecule is CCCCCCCCCCCCCCCCCCCCCCCCCCCCCCCCCCCCC(=O)OC[C@H](COP(=O)(O)OC[C@H](N)C(=O)O)OC(C)=O. The second-order valence-corrected chi connectivity index (χ2v) is 17.8. The van der Waals surface area contributed by atoms with Gasteiger partial charge in [-0.25, -0.2) is 4.57 Å². The number of hydrogen-bond donors (Lipinski definition) is 3. The van der Waals surface area contributed by atoms with Crippen molar-refractivity contribution < 1.29 is 47.5 Å². The lowest BCUT2D eigenvalue weighted by Crippen LogP contribution is -2.34. The van der Waals surface area contributed by atoms with E-state index < -0.39 is 51.1 Å². The number of aliphatic carboxylic acids is 1. The summed E-state index contributed by atoms with van der Waals surface area (Å²) >= 11 is 0. The third-order valence-corrected chi connectivity index (χ3v) is 11.6. The summed E-state index contributed by atoms with van der Waals surface area (Å²) < 4.78 is 31.4. The van der Waals surface area contributed by atoms with Gasteiger partial charge in [0.05, 0.1) is 13.2 Å². The highest BCUT2D eigenvalue weighted by Crippen LogP contribution is 2.43. The monoisotopic (exact) mass is 834 g/mol. The van der Waals surface area contributed by atoms with E-state index in [4.69, 9.17) is 24.8 Å². The van der Waals surface area contributed by atoms with Crippen LogP contribution in [-0.2, 0) is 37.5 Å². The standard InChI is InChI=1S/C45H88NO10P/c1-3-4-5-6-7-8-9-10-11-12-13-14-15-16-17-18-19-20-21-22-23-24-25-26-27-28-29-30-31-32-33-34-35-36-37-44(48)53-38-42(56-41(2)47)39-54-57(51,52)55-40-43(46)45(49)50/h42-43H,3-40,46H2,1-2H3,(H,49,50)(H,51,52)/t42-,43+/m1/s1. The first-order chi connectivity index (χ1) is 27.6. The number of unbranched alkanes of at least 4 members (excludes halogenated alkanes) is 33. The number of carboxylic acid groups (broad SMARTS) is 1. The van der Waals surface area contributed by atoms with Gasteiger partial charge >= 0.3 is 25.7 Å². The molecule has 0 rings (SSSR count). The van der Waals surface area contributed by atoms with E-state index in [9.17, 15) is 23.8 Å². The van der Waals surface area contributed by atoms with Crippen molar-refractivity contribution in [1.82, 2.24) is 0 Å². The minimum absolute atomic E-state index is 0.224. The zero-order valence-corrected chi connectivity index (χ0v) is 37.6. The lowest BCUT2D eigenvalue weighted by molar-refractivity contribution is -0.159. The molecule has 12 heteroatoms. The van der Waals surface area contributed by atoms with Gasteiger partial charge in [-0.2, -0.15) is 0 Å². The van der Waals surface area contributed by atoms with Gasteiger partial charge in [-0.3, -0.25) is 23.4 Å². The number of carbonyl (C=O) groups excluding carboxylic acids is 2. The summed E-state index contributed by atoms with van der Waals surface area (Å²) in [6.45, 7) is 1.73. The molecule has 0 bridgehead atoms. The van der Waals surface area contributed by atoms with Crippen LogP contribution in [0.2, 0.25) is 0 Å². The van der Waals surface area contributed by atoms with Gasteiger partial charge in [-0.15, -0.1) is 0 Å². The Morgan fingerprint density at radius 1 is 0.509 bits per heavy atom. The maximum atomic E-state index is 12.1. The van der Waals surface area contributed by atoms with Crippen molar-refractivity contribution in [3.63, 3.8) is 0 Å². The number of carbonyl (C=O) groups is 3. The predicted molar refractivity (Wildman–Crippen MR) is 231 cm³/mol. The van der Waals surface area contributed by atoms with E-state index in [1.54, 1.807) is 0 Å². The zero-order valence-electron chi connectivity index (χ0n) is 36.7. The molecule has 0 aromatic rings. The molecular weight excluding hydrogens is 745 g/mol. The van der Waals surface area contributed by atoms with Crippen molar-refractivity contribution in [2.24, 2.45) is 5.73 Å². The Balaban J connectivity index is 3.46. The van der Waals surface area contributed by atoms with Crippen LogP contribution in [0.4, 0.5) is 0 Å². The molecule has 338 valence electrons. The average molecular weight is 834 g/mol. The second kappa shape index (κ2) is 41.2. The molecule has 0 saturated carbocycles. The summed E-state index contributed by atoms with van der Waals surface area (Å²) in [4.78, 5) is 43.9. The van der Waals surface area contributed by atoms with Gasteiger partial charge in [0.2, 0.25) is 0 Å². The number of rotatable bonds is 45. The number of phosphoric acid groups is 1. The van der Waals surface area contributed by atoms with Crippen molar-refractivity contribution in [2.45, 2.75) is 251 Å². The molecule has 0 aromatic heterocycles. The Labute approximate surface area is 348 Å². The third-order valence-electron chi connectivity index (χ3n) is 10.7. The van der Waals surface area contributed by atoms with Crippen LogP contribution < -0.4 is 5.73 Å². The van der Waals surface area contributed by atoms with Gasteiger partial charge in [0.25, 0.3) is 0 Å². The van der Waals surface area contributed by atoms with Crippen LogP contribution in [0, 0.1) is 0 Å². The van der Waals surface area contributed by atoms with Crippen LogP contribution >= 0.6 is 7.82 Å². The summed E-state index contributed by atoms with van der Waals surface area (Å²) in [5, 5.41) is 8.74. The molecule has 0 amide bonds. The van der Waals surface area contributed by atoms with E-state index in [2.05, 4.69) is 11.4 Å². The Morgan fingerprint density at radius 2 is 0.807 bits per heavy atom. The predicted octanol–water partition coefficient (Wildman–Crippen LogP) is 12.7. The van der Waals surface area contributed by atoms with Crippen LogP contribution in [0.1, 0.15) is 239 Å². The fourth-order valence-electron chi connectivity index (χ4n) is 7.07. The molecule has 1 unspecified atom stereocenters. The van der Waals surface area contributed by atoms with E-state index in [0.29, 0.717) is 6.42 Å². The normalized spacial score (nSPS) is 13.6. The molecule has 0 aliphatic carbocycles. The van der Waals surface area contributed by atoms with Crippen LogP contribution in [0.15, 0.2) is 0 Å². The maximum Gasteiger partial charge on any atom is 0.472 e. The Hall–Kier alpha value is -1.52. The molecule has 0 aliphatic heterocycles. The summed E-state index contributed by atoms with van der Waals surface area (Å²) in [5.74, 6) is -2.56. The molecule has 57 heavy (non-hydrogen) atoms. The van der Waals surface area contributed by atoms with E-state index in [0.717, 1.165) is 26.2 Å². The molecule has 0 spiro atoms. The van der Waals surface area contributed by atoms with Crippen LogP contribution in [-0.4, -0.2) is 59.9 Å². The highest BCUT2D eigenvalue weighted by molar-refractivity contribution is 7.47. The molecule has 0 heterocycles. The highest BCUT2D eigenvalue weighted by atomic mass is 31.2. The molecule has 0 saturated heterocycles. The first-order valence-corrected chi connectivity index (χ1v) is 25.0. The van der Waals surface area contributed by atoms with Crippen molar-refractivity contribution in [3.05, 3.63) is 0 Å². The van der Waals surface area contributed by atoms with Crippen LogP contribution in [0.25, 0.3) is 0 Å². The van der Waals surface area contributed by atoms with Crippen molar-refractivity contribution >= 4 is 25.7 Å². The molecular formula is C45H88NO10P. The number of carboxylic acids is 1.